The summed E-state index contributed by atoms with van der Waals surface area (Å²) in [5, 5.41) is 18.5. The number of carboxylic acid groups (broad SMARTS) is 1. The Morgan fingerprint density at radius 2 is 1.68 bits per heavy atom. The monoisotopic (exact) mass is 311 g/mol. The molecule has 0 atom stereocenters. The Hall–Kier alpha value is -2.66. The van der Waals surface area contributed by atoms with E-state index in [0.29, 0.717) is 4.88 Å². The molecule has 5 heteroatoms. The summed E-state index contributed by atoms with van der Waals surface area (Å²) >= 11 is 1.21. The van der Waals surface area contributed by atoms with E-state index in [1.165, 1.54) is 11.5 Å². The van der Waals surface area contributed by atoms with E-state index in [2.05, 4.69) is 4.37 Å². The average Bonchev–Trinajstić information content (AvgIpc) is 2.92. The Balaban J connectivity index is 2.17. The molecule has 0 fully saturated rings. The minimum atomic E-state index is -0.886. The predicted octanol–water partition coefficient (Wildman–Crippen LogP) is 3.81. The second kappa shape index (κ2) is 5.99. The largest absolute Gasteiger partial charge is 0.508 e. The molecule has 0 radical (unpaired) electrons. The Morgan fingerprint density at radius 1 is 1.00 bits per heavy atom. The summed E-state index contributed by atoms with van der Waals surface area (Å²) in [4.78, 5) is 11.8. The van der Waals surface area contributed by atoms with E-state index in [1.54, 1.807) is 24.3 Å². The highest BCUT2D eigenvalue weighted by atomic mass is 32.1. The molecule has 4 nitrogen and oxygen atoms in total. The van der Waals surface area contributed by atoms with Gasteiger partial charge in [-0.05, 0) is 29.2 Å². The van der Waals surface area contributed by atoms with Gasteiger partial charge >= 0.3 is 5.97 Å². The van der Waals surface area contributed by atoms with Gasteiger partial charge in [0.2, 0.25) is 0 Å². The lowest BCUT2D eigenvalue weighted by molar-refractivity contribution is -0.136. The van der Waals surface area contributed by atoms with E-state index < -0.39 is 5.97 Å². The molecule has 0 saturated carbocycles. The number of aromatic hydroxyl groups is 1. The molecule has 2 N–H and O–H groups in total. The average molecular weight is 311 g/mol. The number of phenolic OH excluding ortho intramolecular Hbond substituents is 1. The molecule has 0 amide bonds. The molecule has 0 aliphatic rings. The Morgan fingerprint density at radius 3 is 2.32 bits per heavy atom. The number of phenols is 1. The standard InChI is InChI=1S/C17H13NO3S/c19-13-8-6-11(7-9-13)16-14(10-15(20)21)22-18-17(16)12-4-2-1-3-5-12/h1-9,19H,10H2,(H,20,21). The van der Waals surface area contributed by atoms with Crippen LogP contribution >= 0.6 is 11.5 Å². The van der Waals surface area contributed by atoms with Gasteiger partial charge in [0.1, 0.15) is 5.75 Å². The molecule has 0 unspecified atom stereocenters. The van der Waals surface area contributed by atoms with Crippen molar-refractivity contribution in [1.82, 2.24) is 4.37 Å². The van der Waals surface area contributed by atoms with Gasteiger partial charge in [0.15, 0.2) is 0 Å². The summed E-state index contributed by atoms with van der Waals surface area (Å²) in [5.74, 6) is -0.712. The van der Waals surface area contributed by atoms with Crippen molar-refractivity contribution >= 4 is 17.5 Å². The van der Waals surface area contributed by atoms with Gasteiger partial charge in [0.05, 0.1) is 12.1 Å². The van der Waals surface area contributed by atoms with Crippen LogP contribution in [0, 0.1) is 0 Å². The summed E-state index contributed by atoms with van der Waals surface area (Å²) in [6.07, 6.45) is -0.0687. The number of carbonyl (C=O) groups is 1. The molecule has 0 aliphatic heterocycles. The first-order valence-corrected chi connectivity index (χ1v) is 7.47. The van der Waals surface area contributed by atoms with Crippen LogP contribution in [0.2, 0.25) is 0 Å². The Bertz CT molecular complexity index is 795. The molecule has 3 aromatic rings. The Kier molecular flexibility index (Phi) is 3.89. The van der Waals surface area contributed by atoms with Crippen molar-refractivity contribution in [1.29, 1.82) is 0 Å². The highest BCUT2D eigenvalue weighted by Crippen LogP contribution is 2.37. The molecule has 2 aromatic carbocycles. The zero-order valence-electron chi connectivity index (χ0n) is 11.6. The quantitative estimate of drug-likeness (QED) is 0.768. The van der Waals surface area contributed by atoms with E-state index in [0.717, 1.165) is 22.4 Å². The zero-order valence-corrected chi connectivity index (χ0v) is 12.4. The van der Waals surface area contributed by atoms with Gasteiger partial charge in [-0.15, -0.1) is 0 Å². The maximum absolute atomic E-state index is 11.1. The van der Waals surface area contributed by atoms with Crippen LogP contribution in [0.4, 0.5) is 0 Å². The maximum atomic E-state index is 11.1. The third kappa shape index (κ3) is 2.84. The van der Waals surface area contributed by atoms with Crippen molar-refractivity contribution in [2.45, 2.75) is 6.42 Å². The highest BCUT2D eigenvalue weighted by molar-refractivity contribution is 7.06. The summed E-state index contributed by atoms with van der Waals surface area (Å²) in [7, 11) is 0. The molecule has 3 rings (SSSR count). The molecule has 0 saturated heterocycles. The predicted molar refractivity (Wildman–Crippen MR) is 86.0 cm³/mol. The number of rotatable bonds is 4. The Labute approximate surface area is 131 Å². The number of aromatic nitrogens is 1. The zero-order chi connectivity index (χ0) is 15.5. The first-order valence-electron chi connectivity index (χ1n) is 6.70. The fourth-order valence-corrected chi connectivity index (χ4v) is 3.19. The van der Waals surface area contributed by atoms with Gasteiger partial charge in [-0.1, -0.05) is 42.5 Å². The summed E-state index contributed by atoms with van der Waals surface area (Å²) in [6, 6.07) is 16.4. The minimum Gasteiger partial charge on any atom is -0.508 e. The molecular formula is C17H13NO3S. The van der Waals surface area contributed by atoms with Crippen LogP contribution in [-0.4, -0.2) is 20.6 Å². The fraction of sp³-hybridized carbons (Fsp3) is 0.0588. The molecule has 110 valence electrons. The molecular weight excluding hydrogens is 298 g/mol. The van der Waals surface area contributed by atoms with Crippen molar-refractivity contribution in [2.24, 2.45) is 0 Å². The fourth-order valence-electron chi connectivity index (χ4n) is 2.30. The summed E-state index contributed by atoms with van der Waals surface area (Å²) in [6.45, 7) is 0. The first-order chi connectivity index (χ1) is 10.6. The molecule has 0 bridgehead atoms. The number of aliphatic carboxylic acids is 1. The molecule has 0 aliphatic carbocycles. The molecule has 22 heavy (non-hydrogen) atoms. The van der Waals surface area contributed by atoms with Gasteiger partial charge in [0.25, 0.3) is 0 Å². The summed E-state index contributed by atoms with van der Waals surface area (Å²) < 4.78 is 4.45. The minimum absolute atomic E-state index is 0.0687. The topological polar surface area (TPSA) is 70.4 Å². The van der Waals surface area contributed by atoms with E-state index in [1.807, 2.05) is 30.3 Å². The SMILES string of the molecule is O=C(O)Cc1snc(-c2ccccc2)c1-c1ccc(O)cc1. The first kappa shape index (κ1) is 14.3. The van der Waals surface area contributed by atoms with Crippen molar-refractivity contribution in [2.75, 3.05) is 0 Å². The third-order valence-corrected chi connectivity index (χ3v) is 4.12. The second-order valence-corrected chi connectivity index (χ2v) is 5.67. The number of nitrogens with zero attached hydrogens (tertiary/aromatic N) is 1. The van der Waals surface area contributed by atoms with Gasteiger partial charge in [-0.25, -0.2) is 0 Å². The van der Waals surface area contributed by atoms with Crippen LogP contribution in [0.15, 0.2) is 54.6 Å². The lowest BCUT2D eigenvalue weighted by atomic mass is 9.98. The van der Waals surface area contributed by atoms with Crippen LogP contribution in [-0.2, 0) is 11.2 Å². The number of hydrogen-bond acceptors (Lipinski definition) is 4. The lowest BCUT2D eigenvalue weighted by Crippen LogP contribution is -1.99. The maximum Gasteiger partial charge on any atom is 0.308 e. The third-order valence-electron chi connectivity index (χ3n) is 3.28. The highest BCUT2D eigenvalue weighted by Gasteiger charge is 2.18. The number of carboxylic acids is 1. The van der Waals surface area contributed by atoms with E-state index in [4.69, 9.17) is 5.11 Å². The van der Waals surface area contributed by atoms with Crippen molar-refractivity contribution in [3.8, 4) is 28.1 Å². The van der Waals surface area contributed by atoms with Gasteiger partial charge < -0.3 is 10.2 Å². The van der Waals surface area contributed by atoms with Crippen molar-refractivity contribution < 1.29 is 15.0 Å². The summed E-state index contributed by atoms with van der Waals surface area (Å²) in [5.41, 5.74) is 3.38. The van der Waals surface area contributed by atoms with E-state index in [9.17, 15) is 9.90 Å². The molecule has 1 aromatic heterocycles. The molecule has 1 heterocycles. The van der Waals surface area contributed by atoms with Crippen LogP contribution < -0.4 is 0 Å². The van der Waals surface area contributed by atoms with Crippen LogP contribution in [0.5, 0.6) is 5.75 Å². The van der Waals surface area contributed by atoms with Crippen molar-refractivity contribution in [3.63, 3.8) is 0 Å². The van der Waals surface area contributed by atoms with E-state index >= 15 is 0 Å². The molecule has 0 spiro atoms. The van der Waals surface area contributed by atoms with Crippen molar-refractivity contribution in [3.05, 3.63) is 59.5 Å². The smallest absolute Gasteiger partial charge is 0.308 e. The van der Waals surface area contributed by atoms with Gasteiger partial charge in [-0.2, -0.15) is 4.37 Å². The normalized spacial score (nSPS) is 10.5. The van der Waals surface area contributed by atoms with Gasteiger partial charge in [0, 0.05) is 16.0 Å². The second-order valence-electron chi connectivity index (χ2n) is 4.81. The van der Waals surface area contributed by atoms with Crippen LogP contribution in [0.1, 0.15) is 4.88 Å². The van der Waals surface area contributed by atoms with Crippen LogP contribution in [0.3, 0.4) is 0 Å². The number of hydrogen-bond donors (Lipinski definition) is 2. The lowest BCUT2D eigenvalue weighted by Gasteiger charge is -2.06. The number of benzene rings is 2. The van der Waals surface area contributed by atoms with Gasteiger partial charge in [-0.3, -0.25) is 4.79 Å². The van der Waals surface area contributed by atoms with E-state index in [-0.39, 0.29) is 12.2 Å². The van der Waals surface area contributed by atoms with Crippen LogP contribution in [0.25, 0.3) is 22.4 Å².